The normalized spacial score (nSPS) is 10.1. The molecule has 0 atom stereocenters. The first kappa shape index (κ1) is 12.1. The van der Waals surface area contributed by atoms with Crippen LogP contribution in [-0.2, 0) is 22.7 Å². The van der Waals surface area contributed by atoms with Gasteiger partial charge in [0.1, 0.15) is 12.2 Å². The Morgan fingerprint density at radius 1 is 1.56 bits per heavy atom. The van der Waals surface area contributed by atoms with Crippen LogP contribution in [0.25, 0.3) is 0 Å². The van der Waals surface area contributed by atoms with Gasteiger partial charge in [0.2, 0.25) is 5.91 Å². The van der Waals surface area contributed by atoms with Crippen molar-refractivity contribution < 1.29 is 14.7 Å². The van der Waals surface area contributed by atoms with Crippen molar-refractivity contribution in [1.29, 1.82) is 0 Å². The molecule has 0 aromatic carbocycles. The average Bonchev–Trinajstić information content (AvgIpc) is 2.62. The van der Waals surface area contributed by atoms with Crippen molar-refractivity contribution in [3.05, 3.63) is 11.9 Å². The molecular weight excluding hydrogens is 214 g/mol. The fourth-order valence-corrected chi connectivity index (χ4v) is 1.05. The number of aromatic nitrogens is 3. The lowest BCUT2D eigenvalue weighted by Crippen LogP contribution is -2.31. The van der Waals surface area contributed by atoms with Gasteiger partial charge in [-0.3, -0.25) is 9.59 Å². The maximum atomic E-state index is 11.1. The highest BCUT2D eigenvalue weighted by molar-refractivity contribution is 5.77. The van der Waals surface area contributed by atoms with Crippen LogP contribution in [0.4, 0.5) is 0 Å². The Balaban J connectivity index is 2.40. The van der Waals surface area contributed by atoms with Gasteiger partial charge in [-0.05, 0) is 7.05 Å². The number of nitrogens with zero attached hydrogens (tertiary/aromatic N) is 3. The Morgan fingerprint density at radius 2 is 2.31 bits per heavy atom. The molecule has 0 aliphatic rings. The summed E-state index contributed by atoms with van der Waals surface area (Å²) in [7, 11) is 1.67. The summed E-state index contributed by atoms with van der Waals surface area (Å²) in [5.74, 6) is -1.15. The minimum atomic E-state index is -0.990. The molecule has 16 heavy (non-hydrogen) atoms. The topological polar surface area (TPSA) is 109 Å². The Morgan fingerprint density at radius 3 is 2.94 bits per heavy atom. The second-order valence-corrected chi connectivity index (χ2v) is 3.11. The van der Waals surface area contributed by atoms with E-state index in [4.69, 9.17) is 5.11 Å². The van der Waals surface area contributed by atoms with Crippen molar-refractivity contribution >= 4 is 11.9 Å². The number of hydrogen-bond acceptors (Lipinski definition) is 5. The first-order valence-electron chi connectivity index (χ1n) is 4.64. The van der Waals surface area contributed by atoms with Crippen LogP contribution in [0.15, 0.2) is 6.20 Å². The van der Waals surface area contributed by atoms with Crippen LogP contribution in [0.1, 0.15) is 5.69 Å². The lowest BCUT2D eigenvalue weighted by molar-refractivity contribution is -0.138. The van der Waals surface area contributed by atoms with Gasteiger partial charge in [-0.2, -0.15) is 0 Å². The molecule has 1 heterocycles. The van der Waals surface area contributed by atoms with Crippen LogP contribution >= 0.6 is 0 Å². The smallest absolute Gasteiger partial charge is 0.325 e. The molecule has 0 saturated carbocycles. The zero-order valence-corrected chi connectivity index (χ0v) is 8.80. The fraction of sp³-hybridized carbons (Fsp3) is 0.500. The number of carbonyl (C=O) groups excluding carboxylic acids is 1. The van der Waals surface area contributed by atoms with Crippen LogP contribution in [-0.4, -0.2) is 45.6 Å². The molecule has 8 heteroatoms. The molecule has 1 aromatic heterocycles. The van der Waals surface area contributed by atoms with E-state index in [0.717, 1.165) is 0 Å². The van der Waals surface area contributed by atoms with E-state index in [1.54, 1.807) is 7.05 Å². The van der Waals surface area contributed by atoms with Gasteiger partial charge < -0.3 is 15.7 Å². The van der Waals surface area contributed by atoms with E-state index in [1.165, 1.54) is 10.9 Å². The Hall–Kier alpha value is -1.96. The van der Waals surface area contributed by atoms with Gasteiger partial charge in [-0.25, -0.2) is 4.68 Å². The number of amides is 1. The van der Waals surface area contributed by atoms with E-state index >= 15 is 0 Å². The van der Waals surface area contributed by atoms with Crippen molar-refractivity contribution in [2.75, 3.05) is 13.6 Å². The molecule has 0 bridgehead atoms. The molecule has 0 aliphatic heterocycles. The van der Waals surface area contributed by atoms with Gasteiger partial charge in [0.05, 0.1) is 19.3 Å². The van der Waals surface area contributed by atoms with E-state index in [1.807, 2.05) is 0 Å². The van der Waals surface area contributed by atoms with E-state index in [9.17, 15) is 9.59 Å². The molecule has 1 rings (SSSR count). The highest BCUT2D eigenvalue weighted by atomic mass is 16.4. The quantitative estimate of drug-likeness (QED) is 0.529. The van der Waals surface area contributed by atoms with Crippen molar-refractivity contribution in [3.63, 3.8) is 0 Å². The number of carbonyl (C=O) groups is 2. The molecular formula is C8H13N5O3. The summed E-state index contributed by atoms with van der Waals surface area (Å²) in [6.45, 7) is 0.223. The standard InChI is InChI=1S/C8H13N5O3/c1-9-3-7(14)10-2-6-4-13(12-11-6)5-8(15)16/h4,9H,2-3,5H2,1H3,(H,10,14)(H,15,16). The first-order chi connectivity index (χ1) is 7.61. The van der Waals surface area contributed by atoms with Crippen molar-refractivity contribution in [3.8, 4) is 0 Å². The van der Waals surface area contributed by atoms with Gasteiger partial charge in [0.25, 0.3) is 0 Å². The zero-order valence-electron chi connectivity index (χ0n) is 8.80. The van der Waals surface area contributed by atoms with Crippen LogP contribution in [0.3, 0.4) is 0 Å². The number of hydrogen-bond donors (Lipinski definition) is 3. The number of aliphatic carboxylic acids is 1. The number of carboxylic acids is 1. The predicted molar refractivity (Wildman–Crippen MR) is 53.4 cm³/mol. The van der Waals surface area contributed by atoms with Gasteiger partial charge in [0.15, 0.2) is 0 Å². The van der Waals surface area contributed by atoms with Gasteiger partial charge >= 0.3 is 5.97 Å². The highest BCUT2D eigenvalue weighted by Crippen LogP contribution is 1.92. The number of carboxylic acid groups (broad SMARTS) is 1. The van der Waals surface area contributed by atoms with E-state index in [2.05, 4.69) is 20.9 Å². The Bertz CT molecular complexity index is 376. The lowest BCUT2D eigenvalue weighted by Gasteiger charge is -2.00. The molecule has 0 unspecified atom stereocenters. The van der Waals surface area contributed by atoms with E-state index in [0.29, 0.717) is 5.69 Å². The number of rotatable bonds is 6. The summed E-state index contributed by atoms with van der Waals surface area (Å²) in [6, 6.07) is 0. The maximum absolute atomic E-state index is 11.1. The highest BCUT2D eigenvalue weighted by Gasteiger charge is 2.05. The van der Waals surface area contributed by atoms with Crippen LogP contribution in [0, 0.1) is 0 Å². The molecule has 0 radical (unpaired) electrons. The van der Waals surface area contributed by atoms with Crippen LogP contribution in [0.5, 0.6) is 0 Å². The monoisotopic (exact) mass is 227 g/mol. The SMILES string of the molecule is CNCC(=O)NCc1cn(CC(=O)O)nn1. The Kier molecular flexibility index (Phi) is 4.40. The van der Waals surface area contributed by atoms with Crippen molar-refractivity contribution in [1.82, 2.24) is 25.6 Å². The number of nitrogens with one attached hydrogen (secondary N) is 2. The van der Waals surface area contributed by atoms with Crippen molar-refractivity contribution in [2.24, 2.45) is 0 Å². The molecule has 0 saturated heterocycles. The summed E-state index contributed by atoms with van der Waals surface area (Å²) in [5, 5.41) is 21.1. The minimum Gasteiger partial charge on any atom is -0.480 e. The van der Waals surface area contributed by atoms with Gasteiger partial charge in [0, 0.05) is 0 Å². The third-order valence-corrected chi connectivity index (χ3v) is 1.69. The second kappa shape index (κ2) is 5.81. The van der Waals surface area contributed by atoms with E-state index in [-0.39, 0.29) is 25.5 Å². The van der Waals surface area contributed by atoms with Gasteiger partial charge in [-0.1, -0.05) is 5.21 Å². The second-order valence-electron chi connectivity index (χ2n) is 3.11. The van der Waals surface area contributed by atoms with Crippen LogP contribution < -0.4 is 10.6 Å². The molecule has 8 nitrogen and oxygen atoms in total. The molecule has 1 aromatic rings. The number of likely N-dealkylation sites (N-methyl/N-ethyl adjacent to an activating group) is 1. The predicted octanol–water partition coefficient (Wildman–Crippen LogP) is -1.80. The third-order valence-electron chi connectivity index (χ3n) is 1.69. The first-order valence-corrected chi connectivity index (χ1v) is 4.64. The lowest BCUT2D eigenvalue weighted by atomic mass is 10.4. The summed E-state index contributed by atoms with van der Waals surface area (Å²) in [6.07, 6.45) is 1.48. The summed E-state index contributed by atoms with van der Waals surface area (Å²) >= 11 is 0. The molecule has 0 spiro atoms. The molecule has 88 valence electrons. The maximum Gasteiger partial charge on any atom is 0.325 e. The van der Waals surface area contributed by atoms with E-state index < -0.39 is 5.97 Å². The van der Waals surface area contributed by atoms with Gasteiger partial charge in [-0.15, -0.1) is 5.10 Å². The zero-order chi connectivity index (χ0) is 12.0. The molecule has 0 fully saturated rings. The summed E-state index contributed by atoms with van der Waals surface area (Å²) < 4.78 is 1.20. The Labute approximate surface area is 91.6 Å². The average molecular weight is 227 g/mol. The fourth-order valence-electron chi connectivity index (χ4n) is 1.05. The molecule has 0 aliphatic carbocycles. The summed E-state index contributed by atoms with van der Waals surface area (Å²) in [5.41, 5.74) is 0.519. The third kappa shape index (κ3) is 4.05. The minimum absolute atomic E-state index is 0.157. The molecule has 3 N–H and O–H groups in total. The molecule has 1 amide bonds. The largest absolute Gasteiger partial charge is 0.480 e. The summed E-state index contributed by atoms with van der Waals surface area (Å²) in [4.78, 5) is 21.4. The van der Waals surface area contributed by atoms with Crippen molar-refractivity contribution in [2.45, 2.75) is 13.1 Å². The van der Waals surface area contributed by atoms with Crippen LogP contribution in [0.2, 0.25) is 0 Å².